The first-order valence-electron chi connectivity index (χ1n) is 7.77. The third kappa shape index (κ3) is 1.96. The summed E-state index contributed by atoms with van der Waals surface area (Å²) in [5.74, 6) is 0. The van der Waals surface area contributed by atoms with Gasteiger partial charge in [-0.3, -0.25) is 10.1 Å². The zero-order valence-corrected chi connectivity index (χ0v) is 13.6. The Kier molecular flexibility index (Phi) is 2.59. The number of aromatic nitrogens is 2. The van der Waals surface area contributed by atoms with Crippen LogP contribution < -0.4 is 5.32 Å². The summed E-state index contributed by atoms with van der Waals surface area (Å²) in [7, 11) is 0. The van der Waals surface area contributed by atoms with E-state index in [4.69, 9.17) is 4.99 Å². The molecule has 0 radical (unpaired) electrons. The number of fused-ring (bicyclic) bond motifs is 2. The van der Waals surface area contributed by atoms with E-state index in [0.29, 0.717) is 0 Å². The molecule has 0 unspecified atom stereocenters. The van der Waals surface area contributed by atoms with Crippen LogP contribution >= 0.6 is 11.3 Å². The average Bonchev–Trinajstić information content (AvgIpc) is 3.22. The van der Waals surface area contributed by atoms with Crippen molar-refractivity contribution in [3.8, 4) is 10.4 Å². The van der Waals surface area contributed by atoms with Crippen molar-refractivity contribution in [3.05, 3.63) is 58.2 Å². The van der Waals surface area contributed by atoms with Crippen LogP contribution in [0.1, 0.15) is 21.7 Å². The fourth-order valence-corrected chi connectivity index (χ4v) is 4.63. The minimum atomic E-state index is -0.208. The minimum Gasteiger partial charge on any atom is -0.360 e. The fourth-order valence-electron chi connectivity index (χ4n) is 3.57. The number of aromatic amines is 1. The van der Waals surface area contributed by atoms with Gasteiger partial charge in [-0.1, -0.05) is 24.3 Å². The lowest BCUT2D eigenvalue weighted by atomic mass is 10.1. The van der Waals surface area contributed by atoms with E-state index in [-0.39, 0.29) is 5.66 Å². The molecule has 2 aliphatic rings. The van der Waals surface area contributed by atoms with Crippen molar-refractivity contribution >= 4 is 23.2 Å². The summed E-state index contributed by atoms with van der Waals surface area (Å²) in [6.07, 6.45) is 5.84. The summed E-state index contributed by atoms with van der Waals surface area (Å²) in [5.41, 5.74) is 6.06. The second-order valence-electron chi connectivity index (χ2n) is 6.33. The average molecular weight is 320 g/mol. The molecule has 0 fully saturated rings. The van der Waals surface area contributed by atoms with Gasteiger partial charge in [0.15, 0.2) is 0 Å². The molecule has 1 spiro atoms. The fraction of sp³-hybridized carbons (Fsp3) is 0.222. The standard InChI is InChI=1S/C18H16N4S/c1-11-14(9-20-22-11)16-6-15-17(23-16)10-19-18(21-15)7-12-4-2-3-5-13(12)8-18/h2-6,9-10,21H,7-8H2,1H3,(H,20,22). The molecule has 5 rings (SSSR count). The third-order valence-corrected chi connectivity index (χ3v) is 5.84. The Balaban J connectivity index is 1.51. The van der Waals surface area contributed by atoms with Crippen LogP contribution in [0.5, 0.6) is 0 Å². The summed E-state index contributed by atoms with van der Waals surface area (Å²) < 4.78 is 0. The number of aryl methyl sites for hydroxylation is 1. The van der Waals surface area contributed by atoms with Gasteiger partial charge in [-0.15, -0.1) is 11.3 Å². The molecule has 2 N–H and O–H groups in total. The van der Waals surface area contributed by atoms with Crippen molar-refractivity contribution in [2.75, 3.05) is 5.32 Å². The molecular formula is C18H16N4S. The maximum absolute atomic E-state index is 4.88. The highest BCUT2D eigenvalue weighted by molar-refractivity contribution is 7.17. The molecular weight excluding hydrogens is 304 g/mol. The lowest BCUT2D eigenvalue weighted by Crippen LogP contribution is -2.39. The molecule has 1 aliphatic carbocycles. The van der Waals surface area contributed by atoms with E-state index in [0.717, 1.165) is 18.5 Å². The van der Waals surface area contributed by atoms with Crippen molar-refractivity contribution < 1.29 is 0 Å². The number of nitrogens with zero attached hydrogens (tertiary/aromatic N) is 2. The largest absolute Gasteiger partial charge is 0.360 e. The molecule has 0 amide bonds. The van der Waals surface area contributed by atoms with Gasteiger partial charge in [-0.25, -0.2) is 0 Å². The quantitative estimate of drug-likeness (QED) is 0.717. The van der Waals surface area contributed by atoms with Gasteiger partial charge < -0.3 is 5.32 Å². The van der Waals surface area contributed by atoms with Gasteiger partial charge in [0.1, 0.15) is 5.66 Å². The first-order valence-corrected chi connectivity index (χ1v) is 8.58. The van der Waals surface area contributed by atoms with Gasteiger partial charge in [-0.2, -0.15) is 5.10 Å². The Morgan fingerprint density at radius 1 is 1.17 bits per heavy atom. The van der Waals surface area contributed by atoms with E-state index in [1.165, 1.54) is 32.1 Å². The van der Waals surface area contributed by atoms with Crippen molar-refractivity contribution in [2.24, 2.45) is 4.99 Å². The van der Waals surface area contributed by atoms with Crippen LogP contribution in [-0.2, 0) is 12.8 Å². The molecule has 5 heteroatoms. The van der Waals surface area contributed by atoms with Crippen LogP contribution in [0.15, 0.2) is 41.5 Å². The lowest BCUT2D eigenvalue weighted by Gasteiger charge is -2.30. The Morgan fingerprint density at radius 3 is 2.65 bits per heavy atom. The molecule has 0 saturated heterocycles. The highest BCUT2D eigenvalue weighted by Gasteiger charge is 2.39. The van der Waals surface area contributed by atoms with E-state index < -0.39 is 0 Å². The maximum atomic E-state index is 4.88. The molecule has 4 nitrogen and oxygen atoms in total. The smallest absolute Gasteiger partial charge is 0.137 e. The van der Waals surface area contributed by atoms with Crippen molar-refractivity contribution in [1.29, 1.82) is 0 Å². The Bertz CT molecular complexity index is 909. The van der Waals surface area contributed by atoms with E-state index in [1.54, 1.807) is 11.3 Å². The van der Waals surface area contributed by atoms with Crippen LogP contribution in [0.25, 0.3) is 10.4 Å². The number of H-pyrrole nitrogens is 1. The lowest BCUT2D eigenvalue weighted by molar-refractivity contribution is 0.518. The number of aliphatic imine (C=N–C) groups is 1. The number of anilines is 1. The number of nitrogens with one attached hydrogen (secondary N) is 2. The molecule has 114 valence electrons. The summed E-state index contributed by atoms with van der Waals surface area (Å²) in [6.45, 7) is 2.05. The van der Waals surface area contributed by atoms with Gasteiger partial charge in [0.05, 0.1) is 16.8 Å². The highest BCUT2D eigenvalue weighted by atomic mass is 32.1. The third-order valence-electron chi connectivity index (χ3n) is 4.74. The predicted molar refractivity (Wildman–Crippen MR) is 94.4 cm³/mol. The molecule has 1 aromatic carbocycles. The molecule has 1 aliphatic heterocycles. The van der Waals surface area contributed by atoms with Gasteiger partial charge >= 0.3 is 0 Å². The van der Waals surface area contributed by atoms with Gasteiger partial charge in [0, 0.05) is 35.2 Å². The Morgan fingerprint density at radius 2 is 1.96 bits per heavy atom. The van der Waals surface area contributed by atoms with Crippen LogP contribution in [0, 0.1) is 6.92 Å². The van der Waals surface area contributed by atoms with Crippen LogP contribution in [-0.4, -0.2) is 22.1 Å². The molecule has 23 heavy (non-hydrogen) atoms. The zero-order chi connectivity index (χ0) is 15.4. The SMILES string of the molecule is Cc1[nH]ncc1-c1cc2c(s1)C=NC1(Cc3ccccc3C1)N2. The second-order valence-corrected chi connectivity index (χ2v) is 7.42. The normalized spacial score (nSPS) is 17.1. The number of benzene rings is 1. The molecule has 3 aromatic rings. The summed E-state index contributed by atoms with van der Waals surface area (Å²) in [6, 6.07) is 10.9. The molecule has 2 aromatic heterocycles. The predicted octanol–water partition coefficient (Wildman–Crippen LogP) is 3.79. The van der Waals surface area contributed by atoms with E-state index >= 15 is 0 Å². The van der Waals surface area contributed by atoms with E-state index in [2.05, 4.69) is 52.8 Å². The molecule has 3 heterocycles. The number of rotatable bonds is 1. The molecule has 0 atom stereocenters. The second kappa shape index (κ2) is 4.55. The molecule has 0 bridgehead atoms. The van der Waals surface area contributed by atoms with E-state index in [9.17, 15) is 0 Å². The van der Waals surface area contributed by atoms with Gasteiger partial charge in [-0.05, 0) is 24.1 Å². The van der Waals surface area contributed by atoms with Crippen LogP contribution in [0.4, 0.5) is 5.69 Å². The first-order chi connectivity index (χ1) is 11.2. The van der Waals surface area contributed by atoms with Gasteiger partial charge in [0.25, 0.3) is 0 Å². The zero-order valence-electron chi connectivity index (χ0n) is 12.8. The Labute approximate surface area is 138 Å². The number of hydrogen-bond acceptors (Lipinski definition) is 4. The van der Waals surface area contributed by atoms with Crippen molar-refractivity contribution in [3.63, 3.8) is 0 Å². The van der Waals surface area contributed by atoms with E-state index in [1.807, 2.05) is 12.4 Å². The summed E-state index contributed by atoms with van der Waals surface area (Å²) >= 11 is 1.76. The van der Waals surface area contributed by atoms with Crippen molar-refractivity contribution in [1.82, 2.24) is 10.2 Å². The summed E-state index contributed by atoms with van der Waals surface area (Å²) in [5, 5.41) is 10.8. The molecule has 0 saturated carbocycles. The van der Waals surface area contributed by atoms with Gasteiger partial charge in [0.2, 0.25) is 0 Å². The van der Waals surface area contributed by atoms with Crippen LogP contribution in [0.2, 0.25) is 0 Å². The topological polar surface area (TPSA) is 53.1 Å². The Hall–Kier alpha value is -2.40. The first kappa shape index (κ1) is 13.1. The maximum Gasteiger partial charge on any atom is 0.137 e. The highest BCUT2D eigenvalue weighted by Crippen LogP contribution is 2.42. The summed E-state index contributed by atoms with van der Waals surface area (Å²) in [4.78, 5) is 7.31. The monoisotopic (exact) mass is 320 g/mol. The van der Waals surface area contributed by atoms with Crippen LogP contribution in [0.3, 0.4) is 0 Å². The van der Waals surface area contributed by atoms with Crippen molar-refractivity contribution in [2.45, 2.75) is 25.4 Å². The minimum absolute atomic E-state index is 0.208. The number of hydrogen-bond donors (Lipinski definition) is 2. The number of thiophene rings is 1.